The summed E-state index contributed by atoms with van der Waals surface area (Å²) in [5.41, 5.74) is 28.2. The van der Waals surface area contributed by atoms with E-state index in [-0.39, 0.29) is 28.6 Å². The second-order valence-electron chi connectivity index (χ2n) is 28.3. The number of hydrogen-bond acceptors (Lipinski definition) is 6. The molecule has 4 atom stereocenters. The molecule has 0 N–H and O–H groups in total. The molecule has 13 aromatic rings. The number of anilines is 10. The molecule has 19 rings (SSSR count). The maximum Gasteiger partial charge on any atom is 0.252 e. The van der Waals surface area contributed by atoms with Gasteiger partial charge < -0.3 is 24.0 Å². The first kappa shape index (κ1) is 53.5. The van der Waals surface area contributed by atoms with Crippen molar-refractivity contribution in [2.75, 3.05) is 19.6 Å². The van der Waals surface area contributed by atoms with E-state index >= 15 is 0 Å². The van der Waals surface area contributed by atoms with Gasteiger partial charge in [0.05, 0.1) is 21.5 Å². The van der Waals surface area contributed by atoms with Gasteiger partial charge in [0.1, 0.15) is 11.2 Å². The van der Waals surface area contributed by atoms with Crippen LogP contribution in [0, 0.1) is 13.8 Å². The van der Waals surface area contributed by atoms with Crippen LogP contribution in [0.4, 0.5) is 56.9 Å². The smallest absolute Gasteiger partial charge is 0.252 e. The molecule has 6 heterocycles. The van der Waals surface area contributed by atoms with Crippen molar-refractivity contribution in [2.45, 2.75) is 115 Å². The van der Waals surface area contributed by atoms with Gasteiger partial charge in [-0.25, -0.2) is 0 Å². The highest BCUT2D eigenvalue weighted by molar-refractivity contribution is 7.26. The van der Waals surface area contributed by atoms with Crippen LogP contribution in [-0.2, 0) is 10.8 Å². The minimum atomic E-state index is -0.204. The summed E-state index contributed by atoms with van der Waals surface area (Å²) in [6.45, 7) is 14.9. The molecular weight excluding hydrogens is 1120 g/mol. The maximum absolute atomic E-state index is 6.63. The van der Waals surface area contributed by atoms with Crippen LogP contribution in [0.1, 0.15) is 101 Å². The Bertz CT molecular complexity index is 5240. The summed E-state index contributed by atoms with van der Waals surface area (Å²) in [4.78, 5) is 11.1. The molecule has 2 fully saturated rings. The molecule has 4 unspecified atom stereocenters. The highest BCUT2D eigenvalue weighted by Gasteiger charge is 2.60. The van der Waals surface area contributed by atoms with E-state index in [2.05, 4.69) is 286 Å². The zero-order valence-electron chi connectivity index (χ0n) is 52.7. The van der Waals surface area contributed by atoms with Crippen LogP contribution >= 0.6 is 11.3 Å². The van der Waals surface area contributed by atoms with E-state index < -0.39 is 0 Å². The third-order valence-corrected chi connectivity index (χ3v) is 24.8. The maximum atomic E-state index is 6.63. The molecule has 4 aliphatic heterocycles. The van der Waals surface area contributed by atoms with E-state index in [0.717, 1.165) is 53.3 Å². The number of thiophene rings is 1. The first-order valence-corrected chi connectivity index (χ1v) is 34.1. The highest BCUT2D eigenvalue weighted by atomic mass is 32.1. The van der Waals surface area contributed by atoms with Crippen LogP contribution < -0.4 is 36.0 Å². The molecule has 0 bridgehead atoms. The van der Waals surface area contributed by atoms with Crippen molar-refractivity contribution >= 4 is 133 Å². The summed E-state index contributed by atoms with van der Waals surface area (Å²) in [5, 5.41) is 4.84. The third-order valence-electron chi connectivity index (χ3n) is 23.6. The molecule has 2 aromatic heterocycles. The van der Waals surface area contributed by atoms with Crippen molar-refractivity contribution in [1.82, 2.24) is 0 Å². The number of hydrogen-bond donors (Lipinski definition) is 0. The fourth-order valence-corrected chi connectivity index (χ4v) is 20.3. The van der Waals surface area contributed by atoms with Gasteiger partial charge in [-0.05, 0) is 199 Å². The number of furan rings is 1. The molecular formula is C84H71BN4OS. The van der Waals surface area contributed by atoms with Crippen molar-refractivity contribution < 1.29 is 4.42 Å². The summed E-state index contributed by atoms with van der Waals surface area (Å²) < 4.78 is 9.23. The van der Waals surface area contributed by atoms with E-state index in [1.54, 1.807) is 0 Å². The lowest BCUT2D eigenvalue weighted by molar-refractivity contribution is 0.194. The van der Waals surface area contributed by atoms with Crippen LogP contribution in [0.15, 0.2) is 229 Å². The Morgan fingerprint density at radius 2 is 1.01 bits per heavy atom. The van der Waals surface area contributed by atoms with Gasteiger partial charge in [0, 0.05) is 88.3 Å². The van der Waals surface area contributed by atoms with Crippen LogP contribution in [0.2, 0.25) is 0 Å². The van der Waals surface area contributed by atoms with E-state index in [1.807, 2.05) is 11.3 Å². The van der Waals surface area contributed by atoms with Gasteiger partial charge in [-0.15, -0.1) is 11.3 Å². The first-order valence-electron chi connectivity index (χ1n) is 33.3. The number of rotatable bonds is 6. The quantitative estimate of drug-likeness (QED) is 0.155. The summed E-state index contributed by atoms with van der Waals surface area (Å²) in [6.07, 6.45) is 9.35. The second kappa shape index (κ2) is 19.1. The first-order chi connectivity index (χ1) is 44.4. The topological polar surface area (TPSA) is 26.1 Å². The Labute approximate surface area is 537 Å². The van der Waals surface area contributed by atoms with Crippen LogP contribution in [-0.4, -0.2) is 17.8 Å². The minimum Gasteiger partial charge on any atom is -0.456 e. The molecule has 442 valence electrons. The van der Waals surface area contributed by atoms with Gasteiger partial charge in [0.15, 0.2) is 0 Å². The molecule has 2 aliphatic carbocycles. The lowest BCUT2D eigenvalue weighted by Gasteiger charge is -2.51. The summed E-state index contributed by atoms with van der Waals surface area (Å²) in [7, 11) is 0. The normalized spacial score (nSPS) is 21.9. The fraction of sp³-hybridized carbons (Fsp3) is 0.214. The predicted octanol–water partition coefficient (Wildman–Crippen LogP) is 21.5. The summed E-state index contributed by atoms with van der Waals surface area (Å²) >= 11 is 1.93. The van der Waals surface area contributed by atoms with Crippen molar-refractivity contribution in [2.24, 2.45) is 0 Å². The molecule has 0 amide bonds. The largest absolute Gasteiger partial charge is 0.456 e. The van der Waals surface area contributed by atoms with Crippen molar-refractivity contribution in [3.63, 3.8) is 0 Å². The number of benzene rings is 11. The standard InChI is InChI=1S/C84H71BN4OS/c1-52-44-53(2)78-72(45-52)89(84(6)43-20-18-41-82(78,84)4)60-50-73-79-74(51-60)87(70-29-21-28-63-62-27-14-16-31-77(62)91-80(63)70)71-49-59(88-68-37-32-56(54-22-9-7-10-23-54)46-65(68)81(3)40-17-19-42-83(81,88)5)34-36-66(71)85(79)67-47-57(55-24-11-8-12-25-55)33-38-69(67)86(73)58-35-39-76-64(48-58)61-26-13-15-30-75(61)90-76/h7-16,21-39,44-51H,17-20,40-43H2,1-6H3. The van der Waals surface area contributed by atoms with Crippen molar-refractivity contribution in [3.8, 4) is 22.3 Å². The fourth-order valence-electron chi connectivity index (χ4n) is 19.1. The van der Waals surface area contributed by atoms with Crippen molar-refractivity contribution in [1.29, 1.82) is 0 Å². The molecule has 0 saturated heterocycles. The van der Waals surface area contributed by atoms with Gasteiger partial charge in [-0.3, -0.25) is 0 Å². The van der Waals surface area contributed by atoms with Gasteiger partial charge in [-0.2, -0.15) is 0 Å². The van der Waals surface area contributed by atoms with Gasteiger partial charge in [-0.1, -0.05) is 179 Å². The number of fused-ring (bicyclic) bond motifs is 16. The Morgan fingerprint density at radius 1 is 0.396 bits per heavy atom. The molecule has 0 radical (unpaired) electrons. The van der Waals surface area contributed by atoms with Crippen LogP contribution in [0.5, 0.6) is 0 Å². The average molecular weight is 1200 g/mol. The summed E-state index contributed by atoms with van der Waals surface area (Å²) in [5.74, 6) is 0. The van der Waals surface area contributed by atoms with E-state index in [9.17, 15) is 0 Å². The zero-order valence-corrected chi connectivity index (χ0v) is 53.5. The number of aryl methyl sites for hydroxylation is 2. The van der Waals surface area contributed by atoms with Gasteiger partial charge in [0.25, 0.3) is 6.71 Å². The molecule has 7 heteroatoms. The molecule has 2 saturated carbocycles. The Morgan fingerprint density at radius 3 is 1.79 bits per heavy atom. The number of nitrogens with zero attached hydrogens (tertiary/aromatic N) is 4. The Balaban J connectivity index is 0.937. The molecule has 6 aliphatic rings. The van der Waals surface area contributed by atoms with Gasteiger partial charge in [0.2, 0.25) is 0 Å². The Kier molecular flexibility index (Phi) is 11.3. The third kappa shape index (κ3) is 7.24. The van der Waals surface area contributed by atoms with E-state index in [4.69, 9.17) is 4.42 Å². The Hall–Kier alpha value is -9.30. The van der Waals surface area contributed by atoms with E-state index in [1.165, 1.54) is 158 Å². The zero-order chi connectivity index (χ0) is 60.9. The average Bonchev–Trinajstić information content (AvgIpc) is 1.52. The molecule has 5 nitrogen and oxygen atoms in total. The highest BCUT2D eigenvalue weighted by Crippen LogP contribution is 2.65. The SMILES string of the molecule is Cc1cc(C)c2c(c1)N(c1cc3c4c(c1)N(c1cccc5c1sc1ccccc15)c1cc(N5c6ccc(-c7ccccc7)cc6C6(C)CCCCC56C)ccc1B4c1cc(-c4ccccc4)ccc1N3c1ccc3oc4ccccc4c3c1)C1(C)CCCCC21C. The summed E-state index contributed by atoms with van der Waals surface area (Å²) in [6, 6.07) is 86.4. The lowest BCUT2D eigenvalue weighted by Crippen LogP contribution is -2.61. The monoisotopic (exact) mass is 1190 g/mol. The molecule has 91 heavy (non-hydrogen) atoms. The molecule has 11 aromatic carbocycles. The molecule has 0 spiro atoms. The van der Waals surface area contributed by atoms with Crippen molar-refractivity contribution in [3.05, 3.63) is 247 Å². The lowest BCUT2D eigenvalue weighted by atomic mass is 9.33. The van der Waals surface area contributed by atoms with Crippen LogP contribution in [0.3, 0.4) is 0 Å². The number of para-hydroxylation sites is 1. The second-order valence-corrected chi connectivity index (χ2v) is 29.3. The minimum absolute atomic E-state index is 0.0665. The van der Waals surface area contributed by atoms with Crippen LogP contribution in [0.25, 0.3) is 64.4 Å². The van der Waals surface area contributed by atoms with Gasteiger partial charge >= 0.3 is 0 Å². The van der Waals surface area contributed by atoms with E-state index in [0.29, 0.717) is 0 Å². The predicted molar refractivity (Wildman–Crippen MR) is 387 cm³/mol.